The summed E-state index contributed by atoms with van der Waals surface area (Å²) in [6, 6.07) is 0.116. The predicted octanol–water partition coefficient (Wildman–Crippen LogP) is 1.74. The van der Waals surface area contributed by atoms with Crippen molar-refractivity contribution in [2.75, 3.05) is 0 Å². The van der Waals surface area contributed by atoms with Crippen molar-refractivity contribution in [1.82, 2.24) is 0 Å². The Hall–Kier alpha value is -0.540. The highest BCUT2D eigenvalue weighted by molar-refractivity contribution is 7.86. The standard InChI is InChI=1S/C7H11N3OS/c8-10-9-5-3-6-1-2-7(4-5)12(6)11/h5-7H,1-4H2. The summed E-state index contributed by atoms with van der Waals surface area (Å²) in [5, 5.41) is 4.34. The third kappa shape index (κ3) is 1.23. The van der Waals surface area contributed by atoms with Crippen molar-refractivity contribution in [3.63, 3.8) is 0 Å². The van der Waals surface area contributed by atoms with Gasteiger partial charge in [-0.05, 0) is 31.2 Å². The number of hydrogen-bond donors (Lipinski definition) is 0. The number of nitrogens with zero attached hydrogens (tertiary/aromatic N) is 3. The quantitative estimate of drug-likeness (QED) is 0.348. The number of rotatable bonds is 1. The van der Waals surface area contributed by atoms with E-state index in [1.807, 2.05) is 0 Å². The molecule has 0 radical (unpaired) electrons. The van der Waals surface area contributed by atoms with E-state index in [4.69, 9.17) is 5.53 Å². The molecule has 2 unspecified atom stereocenters. The lowest BCUT2D eigenvalue weighted by Gasteiger charge is -2.23. The Kier molecular flexibility index (Phi) is 2.07. The Labute approximate surface area is 73.4 Å². The van der Waals surface area contributed by atoms with Crippen molar-refractivity contribution < 1.29 is 4.21 Å². The van der Waals surface area contributed by atoms with E-state index in [-0.39, 0.29) is 6.04 Å². The lowest BCUT2D eigenvalue weighted by Crippen LogP contribution is -2.29. The summed E-state index contributed by atoms with van der Waals surface area (Å²) in [6.45, 7) is 0. The van der Waals surface area contributed by atoms with Gasteiger partial charge in [-0.25, -0.2) is 0 Å². The lowest BCUT2D eigenvalue weighted by molar-refractivity contribution is 0.546. The fraction of sp³-hybridized carbons (Fsp3) is 1.00. The lowest BCUT2D eigenvalue weighted by atomic mass is 10.1. The van der Waals surface area contributed by atoms with Crippen LogP contribution in [0.3, 0.4) is 0 Å². The van der Waals surface area contributed by atoms with Crippen LogP contribution in [0, 0.1) is 0 Å². The average molecular weight is 185 g/mol. The van der Waals surface area contributed by atoms with Crippen molar-refractivity contribution in [2.45, 2.75) is 42.2 Å². The summed E-state index contributed by atoms with van der Waals surface area (Å²) in [7, 11) is -0.626. The monoisotopic (exact) mass is 185 g/mol. The largest absolute Gasteiger partial charge is 0.259 e. The third-order valence-electron chi connectivity index (χ3n) is 2.75. The molecule has 0 spiro atoms. The second kappa shape index (κ2) is 3.07. The maximum Gasteiger partial charge on any atom is 0.0396 e. The number of hydrogen-bond acceptors (Lipinski definition) is 2. The van der Waals surface area contributed by atoms with Gasteiger partial charge >= 0.3 is 0 Å². The van der Waals surface area contributed by atoms with Crippen molar-refractivity contribution in [1.29, 1.82) is 0 Å². The molecule has 0 aromatic heterocycles. The molecule has 0 aromatic rings. The molecule has 2 aliphatic rings. The second-order valence-corrected chi connectivity index (χ2v) is 5.47. The molecule has 5 heteroatoms. The molecule has 0 aromatic carbocycles. The summed E-state index contributed by atoms with van der Waals surface area (Å²) in [6.07, 6.45) is 3.81. The van der Waals surface area contributed by atoms with Gasteiger partial charge < -0.3 is 0 Å². The first-order chi connectivity index (χ1) is 5.81. The molecule has 12 heavy (non-hydrogen) atoms. The highest BCUT2D eigenvalue weighted by Gasteiger charge is 2.39. The summed E-state index contributed by atoms with van der Waals surface area (Å²) < 4.78 is 11.5. The van der Waals surface area contributed by atoms with E-state index in [1.54, 1.807) is 0 Å². The van der Waals surface area contributed by atoms with Gasteiger partial charge in [0.1, 0.15) is 0 Å². The highest BCUT2D eigenvalue weighted by Crippen LogP contribution is 2.36. The van der Waals surface area contributed by atoms with Crippen LogP contribution in [0.4, 0.5) is 0 Å². The molecule has 2 heterocycles. The van der Waals surface area contributed by atoms with Crippen LogP contribution in [0.5, 0.6) is 0 Å². The van der Waals surface area contributed by atoms with Crippen molar-refractivity contribution in [3.05, 3.63) is 10.4 Å². The molecule has 2 saturated heterocycles. The van der Waals surface area contributed by atoms with E-state index < -0.39 is 10.8 Å². The summed E-state index contributed by atoms with van der Waals surface area (Å²) in [4.78, 5) is 2.81. The Morgan fingerprint density at radius 2 is 1.92 bits per heavy atom. The minimum Gasteiger partial charge on any atom is -0.259 e. The van der Waals surface area contributed by atoms with Crippen LogP contribution in [0.2, 0.25) is 0 Å². The first kappa shape index (κ1) is 8.08. The molecule has 0 N–H and O–H groups in total. The predicted molar refractivity (Wildman–Crippen MR) is 47.1 cm³/mol. The normalized spacial score (nSPS) is 45.3. The first-order valence-electron chi connectivity index (χ1n) is 4.25. The van der Waals surface area contributed by atoms with Gasteiger partial charge in [-0.15, -0.1) is 0 Å². The van der Waals surface area contributed by atoms with Crippen LogP contribution in [0.15, 0.2) is 5.11 Å². The van der Waals surface area contributed by atoms with E-state index >= 15 is 0 Å². The average Bonchev–Trinajstić information content (AvgIpc) is 2.33. The van der Waals surface area contributed by atoms with Crippen molar-refractivity contribution in [2.24, 2.45) is 5.11 Å². The Morgan fingerprint density at radius 1 is 1.33 bits per heavy atom. The summed E-state index contributed by atoms with van der Waals surface area (Å²) >= 11 is 0. The van der Waals surface area contributed by atoms with Crippen LogP contribution in [-0.2, 0) is 10.8 Å². The Balaban J connectivity index is 2.12. The van der Waals surface area contributed by atoms with Gasteiger partial charge in [0.05, 0.1) is 0 Å². The molecule has 66 valence electrons. The van der Waals surface area contributed by atoms with E-state index in [0.29, 0.717) is 10.5 Å². The topological polar surface area (TPSA) is 65.8 Å². The zero-order valence-electron chi connectivity index (χ0n) is 6.72. The maximum atomic E-state index is 11.5. The zero-order valence-corrected chi connectivity index (χ0v) is 7.54. The van der Waals surface area contributed by atoms with Crippen LogP contribution < -0.4 is 0 Å². The molecule has 2 atom stereocenters. The molecule has 2 aliphatic heterocycles. The molecular formula is C7H11N3OS. The molecular weight excluding hydrogens is 174 g/mol. The summed E-state index contributed by atoms with van der Waals surface area (Å²) in [5.41, 5.74) is 8.26. The van der Waals surface area contributed by atoms with Crippen molar-refractivity contribution in [3.8, 4) is 0 Å². The molecule has 2 fully saturated rings. The van der Waals surface area contributed by atoms with Crippen LogP contribution in [0.25, 0.3) is 10.4 Å². The minimum absolute atomic E-state index is 0.116. The molecule has 0 amide bonds. The van der Waals surface area contributed by atoms with E-state index in [1.165, 1.54) is 0 Å². The van der Waals surface area contributed by atoms with Gasteiger partial charge in [-0.1, -0.05) is 5.11 Å². The molecule has 2 bridgehead atoms. The van der Waals surface area contributed by atoms with Gasteiger partial charge in [-0.2, -0.15) is 0 Å². The van der Waals surface area contributed by atoms with Gasteiger partial charge in [-0.3, -0.25) is 4.21 Å². The zero-order chi connectivity index (χ0) is 8.55. The van der Waals surface area contributed by atoms with Crippen LogP contribution >= 0.6 is 0 Å². The van der Waals surface area contributed by atoms with E-state index in [2.05, 4.69) is 10.0 Å². The van der Waals surface area contributed by atoms with Gasteiger partial charge in [0.2, 0.25) is 0 Å². The van der Waals surface area contributed by atoms with Gasteiger partial charge in [0.15, 0.2) is 0 Å². The summed E-state index contributed by atoms with van der Waals surface area (Å²) in [5.74, 6) is 0. The Morgan fingerprint density at radius 3 is 2.42 bits per heavy atom. The third-order valence-corrected chi connectivity index (χ3v) is 4.92. The fourth-order valence-electron chi connectivity index (χ4n) is 2.17. The molecule has 2 rings (SSSR count). The molecule has 0 saturated carbocycles. The SMILES string of the molecule is [N-]=[N+]=NC1CC2CCC(C1)S2=O. The second-order valence-electron chi connectivity index (χ2n) is 3.48. The molecule has 0 aliphatic carbocycles. The smallest absolute Gasteiger partial charge is 0.0396 e. The number of fused-ring (bicyclic) bond motifs is 2. The highest BCUT2D eigenvalue weighted by atomic mass is 32.2. The van der Waals surface area contributed by atoms with Gasteiger partial charge in [0.25, 0.3) is 0 Å². The molecule has 4 nitrogen and oxygen atoms in total. The first-order valence-corrected chi connectivity index (χ1v) is 5.52. The number of azide groups is 1. The van der Waals surface area contributed by atoms with Gasteiger partial charge in [0, 0.05) is 32.3 Å². The van der Waals surface area contributed by atoms with Crippen LogP contribution in [-0.4, -0.2) is 20.8 Å². The fourth-order valence-corrected chi connectivity index (χ4v) is 4.28. The van der Waals surface area contributed by atoms with E-state index in [9.17, 15) is 4.21 Å². The Bertz CT molecular complexity index is 245. The van der Waals surface area contributed by atoms with E-state index in [0.717, 1.165) is 25.7 Å². The van der Waals surface area contributed by atoms with Crippen LogP contribution in [0.1, 0.15) is 25.7 Å². The minimum atomic E-state index is -0.626. The van der Waals surface area contributed by atoms with Crippen molar-refractivity contribution >= 4 is 10.8 Å². The maximum absolute atomic E-state index is 11.5.